The van der Waals surface area contributed by atoms with Crippen LogP contribution in [0.15, 0.2) is 12.3 Å². The molecule has 0 aliphatic heterocycles. The van der Waals surface area contributed by atoms with Gasteiger partial charge in [0.1, 0.15) is 0 Å². The first-order valence-electron chi connectivity index (χ1n) is 7.18. The topological polar surface area (TPSA) is 76.1 Å². The van der Waals surface area contributed by atoms with Crippen molar-refractivity contribution in [1.82, 2.24) is 15.3 Å². The van der Waals surface area contributed by atoms with E-state index in [0.717, 1.165) is 12.8 Å². The van der Waals surface area contributed by atoms with Gasteiger partial charge in [-0.25, -0.2) is 4.98 Å². The van der Waals surface area contributed by atoms with E-state index in [1.807, 2.05) is 0 Å². The molecule has 1 fully saturated rings. The number of carbonyl (C=O) groups excluding carboxylic acids is 1. The van der Waals surface area contributed by atoms with Gasteiger partial charge in [-0.1, -0.05) is 19.3 Å². The van der Waals surface area contributed by atoms with Crippen molar-refractivity contribution in [2.45, 2.75) is 44.6 Å². The number of nitrogens with one attached hydrogen (secondary N) is 2. The standard InChI is InChI=1S/C14H22N4O2/c1-20-13-8-10-16-14(18-13)15-9-7-12(19)17-11-5-3-2-4-6-11/h8,10-11H,2-7,9H2,1H3,(H,17,19)(H,15,16,18). The molecule has 0 bridgehead atoms. The van der Waals surface area contributed by atoms with Gasteiger partial charge in [-0.2, -0.15) is 4.98 Å². The summed E-state index contributed by atoms with van der Waals surface area (Å²) in [6.07, 6.45) is 8.01. The molecule has 1 aromatic heterocycles. The average Bonchev–Trinajstić information content (AvgIpc) is 2.48. The molecule has 0 saturated heterocycles. The molecule has 0 spiro atoms. The molecule has 1 aromatic rings. The van der Waals surface area contributed by atoms with Gasteiger partial charge in [-0.3, -0.25) is 4.79 Å². The van der Waals surface area contributed by atoms with E-state index in [4.69, 9.17) is 4.74 Å². The molecule has 2 N–H and O–H groups in total. The first-order valence-corrected chi connectivity index (χ1v) is 7.18. The Labute approximate surface area is 119 Å². The van der Waals surface area contributed by atoms with Gasteiger partial charge in [0.15, 0.2) is 0 Å². The Balaban J connectivity index is 1.67. The molecule has 0 radical (unpaired) electrons. The molecule has 0 unspecified atom stereocenters. The van der Waals surface area contributed by atoms with Gasteiger partial charge in [0.25, 0.3) is 0 Å². The maximum Gasteiger partial charge on any atom is 0.225 e. The van der Waals surface area contributed by atoms with Gasteiger partial charge < -0.3 is 15.4 Å². The highest BCUT2D eigenvalue weighted by molar-refractivity contribution is 5.76. The summed E-state index contributed by atoms with van der Waals surface area (Å²) in [5.74, 6) is 1.08. The number of hydrogen-bond donors (Lipinski definition) is 2. The van der Waals surface area contributed by atoms with Crippen LogP contribution in [-0.4, -0.2) is 35.6 Å². The zero-order chi connectivity index (χ0) is 14.2. The van der Waals surface area contributed by atoms with Crippen LogP contribution >= 0.6 is 0 Å². The molecule has 20 heavy (non-hydrogen) atoms. The maximum atomic E-state index is 11.8. The van der Waals surface area contributed by atoms with Gasteiger partial charge in [-0.15, -0.1) is 0 Å². The van der Waals surface area contributed by atoms with Crippen molar-refractivity contribution in [3.05, 3.63) is 12.3 Å². The molecule has 1 aliphatic carbocycles. The molecule has 110 valence electrons. The van der Waals surface area contributed by atoms with Crippen molar-refractivity contribution in [3.8, 4) is 5.88 Å². The van der Waals surface area contributed by atoms with Crippen molar-refractivity contribution < 1.29 is 9.53 Å². The Hall–Kier alpha value is -1.85. The number of anilines is 1. The number of amides is 1. The second kappa shape index (κ2) is 7.67. The van der Waals surface area contributed by atoms with Gasteiger partial charge >= 0.3 is 0 Å². The smallest absolute Gasteiger partial charge is 0.225 e. The van der Waals surface area contributed by atoms with Crippen molar-refractivity contribution in [2.24, 2.45) is 0 Å². The molecule has 6 heteroatoms. The average molecular weight is 278 g/mol. The highest BCUT2D eigenvalue weighted by atomic mass is 16.5. The van der Waals surface area contributed by atoms with Crippen LogP contribution in [0.3, 0.4) is 0 Å². The fraction of sp³-hybridized carbons (Fsp3) is 0.643. The van der Waals surface area contributed by atoms with Crippen molar-refractivity contribution in [2.75, 3.05) is 19.0 Å². The van der Waals surface area contributed by atoms with Gasteiger partial charge in [0.05, 0.1) is 7.11 Å². The van der Waals surface area contributed by atoms with Crippen molar-refractivity contribution in [3.63, 3.8) is 0 Å². The first kappa shape index (κ1) is 14.6. The monoisotopic (exact) mass is 278 g/mol. The minimum atomic E-state index is 0.0901. The third-order valence-electron chi connectivity index (χ3n) is 3.44. The number of hydrogen-bond acceptors (Lipinski definition) is 5. The summed E-state index contributed by atoms with van der Waals surface area (Å²) < 4.78 is 5.01. The van der Waals surface area contributed by atoms with Crippen LogP contribution in [0, 0.1) is 0 Å². The molecular weight excluding hydrogens is 256 g/mol. The van der Waals surface area contributed by atoms with Crippen LogP contribution in [0.2, 0.25) is 0 Å². The van der Waals surface area contributed by atoms with E-state index in [-0.39, 0.29) is 5.91 Å². The Morgan fingerprint density at radius 2 is 2.20 bits per heavy atom. The number of carbonyl (C=O) groups is 1. The molecule has 1 heterocycles. The highest BCUT2D eigenvalue weighted by Gasteiger charge is 2.15. The number of ether oxygens (including phenoxy) is 1. The molecule has 2 rings (SSSR count). The lowest BCUT2D eigenvalue weighted by Crippen LogP contribution is -2.36. The number of methoxy groups -OCH3 is 1. The van der Waals surface area contributed by atoms with Crippen LogP contribution in [0.25, 0.3) is 0 Å². The normalized spacial score (nSPS) is 15.7. The van der Waals surface area contributed by atoms with E-state index >= 15 is 0 Å². The third kappa shape index (κ3) is 4.68. The van der Waals surface area contributed by atoms with Crippen LogP contribution < -0.4 is 15.4 Å². The summed E-state index contributed by atoms with van der Waals surface area (Å²) in [7, 11) is 1.56. The van der Waals surface area contributed by atoms with E-state index < -0.39 is 0 Å². The second-order valence-corrected chi connectivity index (χ2v) is 5.00. The fourth-order valence-electron chi connectivity index (χ4n) is 2.38. The van der Waals surface area contributed by atoms with Crippen LogP contribution in [0.1, 0.15) is 38.5 Å². The maximum absolute atomic E-state index is 11.8. The lowest BCUT2D eigenvalue weighted by Gasteiger charge is -2.22. The third-order valence-corrected chi connectivity index (χ3v) is 3.44. The van der Waals surface area contributed by atoms with Crippen molar-refractivity contribution in [1.29, 1.82) is 0 Å². The summed E-state index contributed by atoms with van der Waals surface area (Å²) in [5, 5.41) is 6.11. The molecule has 1 saturated carbocycles. The quantitative estimate of drug-likeness (QED) is 0.829. The largest absolute Gasteiger partial charge is 0.481 e. The van der Waals surface area contributed by atoms with Crippen LogP contribution in [-0.2, 0) is 4.79 Å². The number of nitrogens with zero attached hydrogens (tertiary/aromatic N) is 2. The summed E-state index contributed by atoms with van der Waals surface area (Å²) in [4.78, 5) is 20.0. The van der Waals surface area contributed by atoms with E-state index in [1.54, 1.807) is 19.4 Å². The Bertz CT molecular complexity index is 433. The minimum absolute atomic E-state index is 0.0901. The van der Waals surface area contributed by atoms with E-state index in [1.165, 1.54) is 19.3 Å². The van der Waals surface area contributed by atoms with Gasteiger partial charge in [0.2, 0.25) is 17.7 Å². The predicted molar refractivity (Wildman–Crippen MR) is 76.7 cm³/mol. The molecule has 1 aliphatic rings. The second-order valence-electron chi connectivity index (χ2n) is 5.00. The van der Waals surface area contributed by atoms with Gasteiger partial charge in [0, 0.05) is 31.3 Å². The van der Waals surface area contributed by atoms with Crippen molar-refractivity contribution >= 4 is 11.9 Å². The molecular formula is C14H22N4O2. The fourth-order valence-corrected chi connectivity index (χ4v) is 2.38. The van der Waals surface area contributed by atoms with E-state index in [0.29, 0.717) is 30.8 Å². The SMILES string of the molecule is COc1ccnc(NCCC(=O)NC2CCCCC2)n1. The molecule has 1 amide bonds. The molecule has 6 nitrogen and oxygen atoms in total. The van der Waals surface area contributed by atoms with Gasteiger partial charge in [-0.05, 0) is 12.8 Å². The summed E-state index contributed by atoms with van der Waals surface area (Å²) >= 11 is 0. The predicted octanol–water partition coefficient (Wildman–Crippen LogP) is 1.74. The Kier molecular flexibility index (Phi) is 5.58. The highest BCUT2D eigenvalue weighted by Crippen LogP contribution is 2.17. The van der Waals surface area contributed by atoms with Crippen LogP contribution in [0.5, 0.6) is 5.88 Å². The Morgan fingerprint density at radius 1 is 1.40 bits per heavy atom. The molecule has 0 aromatic carbocycles. The zero-order valence-corrected chi connectivity index (χ0v) is 11.9. The van der Waals surface area contributed by atoms with E-state index in [9.17, 15) is 4.79 Å². The lowest BCUT2D eigenvalue weighted by molar-refractivity contribution is -0.121. The summed E-state index contributed by atoms with van der Waals surface area (Å²) in [6, 6.07) is 2.05. The van der Waals surface area contributed by atoms with Crippen LogP contribution in [0.4, 0.5) is 5.95 Å². The minimum Gasteiger partial charge on any atom is -0.481 e. The lowest BCUT2D eigenvalue weighted by atomic mass is 9.95. The zero-order valence-electron chi connectivity index (χ0n) is 11.9. The number of rotatable bonds is 6. The number of aromatic nitrogens is 2. The summed E-state index contributed by atoms with van der Waals surface area (Å²) in [5.41, 5.74) is 0. The first-order chi connectivity index (χ1) is 9.78. The summed E-state index contributed by atoms with van der Waals surface area (Å²) in [6.45, 7) is 0.520. The van der Waals surface area contributed by atoms with E-state index in [2.05, 4.69) is 20.6 Å². The Morgan fingerprint density at radius 3 is 2.95 bits per heavy atom. The molecule has 0 atom stereocenters.